The van der Waals surface area contributed by atoms with Crippen molar-refractivity contribution in [1.82, 2.24) is 4.90 Å². The maximum atomic E-state index is 13.2. The SMILES string of the molecule is C=C/C=C(/c1ccc(C(=O)Nc2ccccc2C(C)C(=C)c2ccc(Cl)cc2)cc1)N1CCCCC1. The fourth-order valence-electron chi connectivity index (χ4n) is 4.71. The zero-order valence-corrected chi connectivity index (χ0v) is 21.6. The summed E-state index contributed by atoms with van der Waals surface area (Å²) in [6.45, 7) is 12.4. The molecule has 0 saturated carbocycles. The van der Waals surface area contributed by atoms with Crippen molar-refractivity contribution >= 4 is 34.5 Å². The van der Waals surface area contributed by atoms with Crippen molar-refractivity contribution < 1.29 is 4.79 Å². The molecule has 1 atom stereocenters. The van der Waals surface area contributed by atoms with Gasteiger partial charge in [-0.25, -0.2) is 0 Å². The molecule has 1 saturated heterocycles. The highest BCUT2D eigenvalue weighted by Gasteiger charge is 2.18. The molecule has 1 N–H and O–H groups in total. The molecule has 0 aliphatic carbocycles. The number of benzene rings is 3. The van der Waals surface area contributed by atoms with E-state index in [0.29, 0.717) is 10.6 Å². The topological polar surface area (TPSA) is 32.3 Å². The number of nitrogens with one attached hydrogen (secondary N) is 1. The van der Waals surface area contributed by atoms with Gasteiger partial charge in [0.1, 0.15) is 0 Å². The molecule has 1 fully saturated rings. The van der Waals surface area contributed by atoms with Crippen LogP contribution in [0.5, 0.6) is 0 Å². The van der Waals surface area contributed by atoms with Gasteiger partial charge < -0.3 is 10.2 Å². The fraction of sp³-hybridized carbons (Fsp3) is 0.219. The third-order valence-electron chi connectivity index (χ3n) is 6.83. The Morgan fingerprint density at radius 1 is 0.917 bits per heavy atom. The summed E-state index contributed by atoms with van der Waals surface area (Å²) in [5, 5.41) is 3.81. The molecule has 3 aromatic rings. The zero-order valence-electron chi connectivity index (χ0n) is 20.8. The minimum absolute atomic E-state index is 0.0150. The lowest BCUT2D eigenvalue weighted by molar-refractivity contribution is 0.102. The van der Waals surface area contributed by atoms with E-state index in [-0.39, 0.29) is 11.8 Å². The second-order valence-corrected chi connectivity index (χ2v) is 9.64. The van der Waals surface area contributed by atoms with Crippen LogP contribution in [0.25, 0.3) is 11.3 Å². The van der Waals surface area contributed by atoms with Crippen molar-refractivity contribution in [2.75, 3.05) is 18.4 Å². The van der Waals surface area contributed by atoms with Crippen LogP contribution in [0.15, 0.2) is 98.1 Å². The van der Waals surface area contributed by atoms with Gasteiger partial charge in [-0.15, -0.1) is 0 Å². The van der Waals surface area contributed by atoms with Crippen LogP contribution >= 0.6 is 11.6 Å². The van der Waals surface area contributed by atoms with Crippen LogP contribution in [0.4, 0.5) is 5.69 Å². The van der Waals surface area contributed by atoms with E-state index in [2.05, 4.69) is 36.4 Å². The number of piperidine rings is 1. The quantitative estimate of drug-likeness (QED) is 0.317. The van der Waals surface area contributed by atoms with Crippen molar-refractivity contribution in [2.24, 2.45) is 0 Å². The average Bonchev–Trinajstić information content (AvgIpc) is 2.92. The van der Waals surface area contributed by atoms with Crippen LogP contribution < -0.4 is 5.32 Å². The highest BCUT2D eigenvalue weighted by atomic mass is 35.5. The van der Waals surface area contributed by atoms with Gasteiger partial charge in [0.15, 0.2) is 0 Å². The van der Waals surface area contributed by atoms with Crippen molar-refractivity contribution in [3.8, 4) is 0 Å². The van der Waals surface area contributed by atoms with E-state index in [1.54, 1.807) is 0 Å². The Morgan fingerprint density at radius 2 is 1.53 bits per heavy atom. The lowest BCUT2D eigenvalue weighted by atomic mass is 9.88. The molecule has 1 unspecified atom stereocenters. The number of rotatable bonds is 8. The van der Waals surface area contributed by atoms with Crippen LogP contribution in [-0.2, 0) is 0 Å². The van der Waals surface area contributed by atoms with Gasteiger partial charge in [0.05, 0.1) is 0 Å². The number of carbonyl (C=O) groups excluding carboxylic acids is 1. The first-order valence-corrected chi connectivity index (χ1v) is 12.9. The number of hydrogen-bond donors (Lipinski definition) is 1. The van der Waals surface area contributed by atoms with Crippen molar-refractivity contribution in [3.63, 3.8) is 0 Å². The first kappa shape index (κ1) is 25.5. The normalized spacial score (nSPS) is 14.7. The molecule has 4 heteroatoms. The van der Waals surface area contributed by atoms with Crippen molar-refractivity contribution in [1.29, 1.82) is 0 Å². The Hall–Kier alpha value is -3.56. The van der Waals surface area contributed by atoms with Gasteiger partial charge in [0.2, 0.25) is 0 Å². The highest BCUT2D eigenvalue weighted by Crippen LogP contribution is 2.35. The lowest BCUT2D eigenvalue weighted by Crippen LogP contribution is -2.28. The second kappa shape index (κ2) is 11.9. The summed E-state index contributed by atoms with van der Waals surface area (Å²) < 4.78 is 0. The van der Waals surface area contributed by atoms with Crippen molar-refractivity contribution in [3.05, 3.63) is 125 Å². The lowest BCUT2D eigenvalue weighted by Gasteiger charge is -2.31. The largest absolute Gasteiger partial charge is 0.371 e. The monoisotopic (exact) mass is 496 g/mol. The number of anilines is 1. The van der Waals surface area contributed by atoms with Gasteiger partial charge >= 0.3 is 0 Å². The van der Waals surface area contributed by atoms with E-state index in [1.807, 2.05) is 78.9 Å². The summed E-state index contributed by atoms with van der Waals surface area (Å²) in [6.07, 6.45) is 7.59. The molecule has 1 aliphatic heterocycles. The Labute approximate surface area is 219 Å². The Bertz CT molecular complexity index is 1250. The molecular formula is C32H33ClN2O. The number of allylic oxidation sites excluding steroid dienone is 3. The number of hydrogen-bond acceptors (Lipinski definition) is 2. The summed E-state index contributed by atoms with van der Waals surface area (Å²) in [6, 6.07) is 23.4. The second-order valence-electron chi connectivity index (χ2n) is 9.21. The first-order chi connectivity index (χ1) is 17.5. The average molecular weight is 497 g/mol. The van der Waals surface area contributed by atoms with Gasteiger partial charge in [-0.1, -0.05) is 80.2 Å². The van der Waals surface area contributed by atoms with E-state index < -0.39 is 0 Å². The van der Waals surface area contributed by atoms with Crippen LogP contribution in [0.1, 0.15) is 59.2 Å². The molecule has 0 radical (unpaired) electrons. The Kier molecular flexibility index (Phi) is 8.45. The van der Waals surface area contributed by atoms with E-state index in [1.165, 1.54) is 19.3 Å². The van der Waals surface area contributed by atoms with E-state index in [9.17, 15) is 4.79 Å². The third-order valence-corrected chi connectivity index (χ3v) is 7.08. The number of amides is 1. The summed E-state index contributed by atoms with van der Waals surface area (Å²) >= 11 is 6.05. The minimum atomic E-state index is -0.134. The highest BCUT2D eigenvalue weighted by molar-refractivity contribution is 6.30. The predicted octanol–water partition coefficient (Wildman–Crippen LogP) is 8.42. The molecule has 0 bridgehead atoms. The Balaban J connectivity index is 1.51. The van der Waals surface area contributed by atoms with E-state index >= 15 is 0 Å². The molecule has 4 rings (SSSR count). The number of para-hydroxylation sites is 1. The number of likely N-dealkylation sites (tertiary alicyclic amines) is 1. The van der Waals surface area contributed by atoms with E-state index in [0.717, 1.165) is 46.7 Å². The molecule has 1 aliphatic rings. The predicted molar refractivity (Wildman–Crippen MR) is 153 cm³/mol. The maximum Gasteiger partial charge on any atom is 0.255 e. The zero-order chi connectivity index (χ0) is 25.5. The van der Waals surface area contributed by atoms with Gasteiger partial charge in [-0.2, -0.15) is 0 Å². The molecule has 184 valence electrons. The molecule has 3 aromatic carbocycles. The van der Waals surface area contributed by atoms with Crippen molar-refractivity contribution in [2.45, 2.75) is 32.1 Å². The van der Waals surface area contributed by atoms with Gasteiger partial charge in [-0.05, 0) is 77.9 Å². The molecular weight excluding hydrogens is 464 g/mol. The number of nitrogens with zero attached hydrogens (tertiary/aromatic N) is 1. The standard InChI is InChI=1S/C32H33ClN2O/c1-4-10-31(35-21-8-5-9-22-35)26-13-15-27(16-14-26)32(36)34-30-12-7-6-11-29(30)24(3)23(2)25-17-19-28(33)20-18-25/h4,6-7,10-20,24H,1-2,5,8-9,21-22H2,3H3,(H,34,36)/b31-10-. The molecule has 1 heterocycles. The molecule has 0 spiro atoms. The van der Waals surface area contributed by atoms with E-state index in [4.69, 9.17) is 11.6 Å². The summed E-state index contributed by atoms with van der Waals surface area (Å²) in [5.41, 5.74) is 6.68. The number of carbonyl (C=O) groups is 1. The van der Waals surface area contributed by atoms with Gasteiger partial charge in [0, 0.05) is 41.0 Å². The summed E-state index contributed by atoms with van der Waals surface area (Å²) in [4.78, 5) is 15.6. The van der Waals surface area contributed by atoms with Crippen LogP contribution in [0, 0.1) is 0 Å². The first-order valence-electron chi connectivity index (χ1n) is 12.5. The molecule has 36 heavy (non-hydrogen) atoms. The molecule has 0 aromatic heterocycles. The maximum absolute atomic E-state index is 13.2. The van der Waals surface area contributed by atoms with Crippen LogP contribution in [0.3, 0.4) is 0 Å². The van der Waals surface area contributed by atoms with Gasteiger partial charge in [0.25, 0.3) is 5.91 Å². The number of halogens is 1. The summed E-state index contributed by atoms with van der Waals surface area (Å²) in [5.74, 6) is -0.119. The van der Waals surface area contributed by atoms with Crippen LogP contribution in [-0.4, -0.2) is 23.9 Å². The minimum Gasteiger partial charge on any atom is -0.371 e. The van der Waals surface area contributed by atoms with Crippen LogP contribution in [0.2, 0.25) is 5.02 Å². The molecule has 3 nitrogen and oxygen atoms in total. The third kappa shape index (κ3) is 5.98. The molecule has 1 amide bonds. The fourth-order valence-corrected chi connectivity index (χ4v) is 4.83. The smallest absolute Gasteiger partial charge is 0.255 e. The Morgan fingerprint density at radius 3 is 2.19 bits per heavy atom. The van der Waals surface area contributed by atoms with Gasteiger partial charge in [-0.3, -0.25) is 4.79 Å². The summed E-state index contributed by atoms with van der Waals surface area (Å²) in [7, 11) is 0.